The number of fused-ring (bicyclic) bond motifs is 1. The Morgan fingerprint density at radius 1 is 1.06 bits per heavy atom. The summed E-state index contributed by atoms with van der Waals surface area (Å²) in [6.07, 6.45) is -1.19. The van der Waals surface area contributed by atoms with E-state index in [1.165, 1.54) is 11.8 Å². The normalized spacial score (nSPS) is 15.5. The summed E-state index contributed by atoms with van der Waals surface area (Å²) in [7, 11) is 0. The van der Waals surface area contributed by atoms with Crippen LogP contribution in [0.25, 0.3) is 0 Å². The molecule has 0 saturated heterocycles. The number of hydrogen-bond acceptors (Lipinski definition) is 6. The summed E-state index contributed by atoms with van der Waals surface area (Å²) in [5.74, 6) is -0.795. The highest BCUT2D eigenvalue weighted by Gasteiger charge is 2.28. The van der Waals surface area contributed by atoms with Gasteiger partial charge in [0.05, 0.1) is 28.8 Å². The molecule has 174 valence electrons. The maximum absolute atomic E-state index is 13.2. The second-order valence-electron chi connectivity index (χ2n) is 7.57. The molecule has 0 radical (unpaired) electrons. The zero-order valence-corrected chi connectivity index (χ0v) is 19.6. The highest BCUT2D eigenvalue weighted by atomic mass is 32.2. The van der Waals surface area contributed by atoms with Crippen LogP contribution in [0.15, 0.2) is 77.7 Å². The number of hydrogen-bond donors (Lipinski definition) is 2. The van der Waals surface area contributed by atoms with Crippen molar-refractivity contribution in [3.63, 3.8) is 0 Å². The summed E-state index contributed by atoms with van der Waals surface area (Å²) in [6, 6.07) is 20.8. The van der Waals surface area contributed by atoms with Crippen LogP contribution in [-0.4, -0.2) is 29.6 Å². The number of anilines is 2. The number of carbonyl (C=O) groups excluding carboxylic acids is 3. The zero-order chi connectivity index (χ0) is 24.1. The van der Waals surface area contributed by atoms with E-state index in [0.717, 1.165) is 4.90 Å². The van der Waals surface area contributed by atoms with Crippen molar-refractivity contribution in [1.82, 2.24) is 0 Å². The maximum Gasteiger partial charge on any atom is 0.339 e. The SMILES string of the molecule is CCOc1ccccc1NC(=O)C(OC(=O)c1ccc2c(c1)NC(=O)C(C)S2)c1ccccc1. The van der Waals surface area contributed by atoms with Gasteiger partial charge in [0.25, 0.3) is 5.91 Å². The van der Waals surface area contributed by atoms with Gasteiger partial charge in [-0.25, -0.2) is 4.79 Å². The molecule has 0 bridgehead atoms. The third-order valence-electron chi connectivity index (χ3n) is 5.16. The van der Waals surface area contributed by atoms with Crippen LogP contribution >= 0.6 is 11.8 Å². The average Bonchev–Trinajstić information content (AvgIpc) is 2.84. The van der Waals surface area contributed by atoms with E-state index in [1.54, 1.807) is 60.7 Å². The van der Waals surface area contributed by atoms with Crippen LogP contribution in [0.2, 0.25) is 0 Å². The second-order valence-corrected chi connectivity index (χ2v) is 8.96. The average molecular weight is 477 g/mol. The number of nitrogens with one attached hydrogen (secondary N) is 2. The van der Waals surface area contributed by atoms with E-state index >= 15 is 0 Å². The molecular formula is C26H24N2O5S. The van der Waals surface area contributed by atoms with Gasteiger partial charge in [0, 0.05) is 10.5 Å². The Balaban J connectivity index is 1.58. The molecule has 0 aliphatic carbocycles. The summed E-state index contributed by atoms with van der Waals surface area (Å²) in [5, 5.41) is 5.40. The third-order valence-corrected chi connectivity index (χ3v) is 6.33. The lowest BCUT2D eigenvalue weighted by Crippen LogP contribution is -2.27. The molecule has 4 rings (SSSR count). The molecule has 2 N–H and O–H groups in total. The molecule has 2 unspecified atom stereocenters. The largest absolute Gasteiger partial charge is 0.492 e. The molecule has 34 heavy (non-hydrogen) atoms. The van der Waals surface area contributed by atoms with Gasteiger partial charge in [0.2, 0.25) is 12.0 Å². The van der Waals surface area contributed by atoms with E-state index in [0.29, 0.717) is 29.3 Å². The molecule has 1 aliphatic rings. The van der Waals surface area contributed by atoms with Gasteiger partial charge in [0.15, 0.2) is 0 Å². The predicted octanol–water partition coefficient (Wildman–Crippen LogP) is 5.05. The number of carbonyl (C=O) groups is 3. The van der Waals surface area contributed by atoms with E-state index in [2.05, 4.69) is 10.6 Å². The quantitative estimate of drug-likeness (QED) is 0.463. The molecule has 2 amide bonds. The van der Waals surface area contributed by atoms with E-state index in [-0.39, 0.29) is 16.7 Å². The summed E-state index contributed by atoms with van der Waals surface area (Å²) < 4.78 is 11.3. The molecule has 0 spiro atoms. The van der Waals surface area contributed by atoms with E-state index in [4.69, 9.17) is 9.47 Å². The van der Waals surface area contributed by atoms with Crippen molar-refractivity contribution in [2.45, 2.75) is 30.1 Å². The Hall–Kier alpha value is -3.78. The first-order chi connectivity index (χ1) is 16.5. The van der Waals surface area contributed by atoms with Gasteiger partial charge in [0.1, 0.15) is 5.75 Å². The smallest absolute Gasteiger partial charge is 0.339 e. The first kappa shape index (κ1) is 23.4. The van der Waals surface area contributed by atoms with Crippen LogP contribution in [0.4, 0.5) is 11.4 Å². The maximum atomic E-state index is 13.2. The first-order valence-electron chi connectivity index (χ1n) is 10.9. The van der Waals surface area contributed by atoms with Crippen molar-refractivity contribution < 1.29 is 23.9 Å². The topological polar surface area (TPSA) is 93.7 Å². The van der Waals surface area contributed by atoms with Gasteiger partial charge in [-0.3, -0.25) is 9.59 Å². The van der Waals surface area contributed by atoms with Crippen LogP contribution < -0.4 is 15.4 Å². The van der Waals surface area contributed by atoms with Crippen molar-refractivity contribution in [2.24, 2.45) is 0 Å². The minimum absolute atomic E-state index is 0.127. The van der Waals surface area contributed by atoms with Gasteiger partial charge in [-0.1, -0.05) is 42.5 Å². The number of ether oxygens (including phenoxy) is 2. The fraction of sp³-hybridized carbons (Fsp3) is 0.192. The summed E-state index contributed by atoms with van der Waals surface area (Å²) >= 11 is 1.42. The molecule has 3 aromatic carbocycles. The van der Waals surface area contributed by atoms with Crippen molar-refractivity contribution >= 4 is 40.9 Å². The second kappa shape index (κ2) is 10.4. The molecule has 0 saturated carbocycles. The van der Waals surface area contributed by atoms with Crippen LogP contribution in [-0.2, 0) is 14.3 Å². The number of thioether (sulfide) groups is 1. The Labute approximate surface area is 201 Å². The monoisotopic (exact) mass is 476 g/mol. The molecule has 0 fully saturated rings. The van der Waals surface area contributed by atoms with E-state index in [9.17, 15) is 14.4 Å². The molecule has 1 aliphatic heterocycles. The van der Waals surface area contributed by atoms with Crippen molar-refractivity contribution in [3.05, 3.63) is 83.9 Å². The van der Waals surface area contributed by atoms with Gasteiger partial charge < -0.3 is 20.1 Å². The molecule has 7 nitrogen and oxygen atoms in total. The summed E-state index contributed by atoms with van der Waals surface area (Å²) in [4.78, 5) is 39.2. The molecular weight excluding hydrogens is 452 g/mol. The molecule has 2 atom stereocenters. The minimum Gasteiger partial charge on any atom is -0.492 e. The Morgan fingerprint density at radius 3 is 2.56 bits per heavy atom. The first-order valence-corrected chi connectivity index (χ1v) is 11.7. The predicted molar refractivity (Wildman–Crippen MR) is 131 cm³/mol. The molecule has 1 heterocycles. The lowest BCUT2D eigenvalue weighted by Gasteiger charge is -2.22. The Morgan fingerprint density at radius 2 is 1.79 bits per heavy atom. The molecule has 8 heteroatoms. The Bertz CT molecular complexity index is 1210. The third kappa shape index (κ3) is 5.23. The summed E-state index contributed by atoms with van der Waals surface area (Å²) in [5.41, 5.74) is 1.79. The van der Waals surface area contributed by atoms with Crippen LogP contribution in [0.5, 0.6) is 5.75 Å². The molecule has 0 aromatic heterocycles. The highest BCUT2D eigenvalue weighted by molar-refractivity contribution is 8.00. The highest BCUT2D eigenvalue weighted by Crippen LogP contribution is 2.36. The van der Waals surface area contributed by atoms with Crippen LogP contribution in [0.1, 0.15) is 35.9 Å². The van der Waals surface area contributed by atoms with E-state index < -0.39 is 18.0 Å². The Kier molecular flexibility index (Phi) is 7.18. The lowest BCUT2D eigenvalue weighted by molar-refractivity contribution is -0.125. The van der Waals surface area contributed by atoms with Crippen molar-refractivity contribution in [2.75, 3.05) is 17.2 Å². The number of para-hydroxylation sites is 2. The van der Waals surface area contributed by atoms with Gasteiger partial charge >= 0.3 is 5.97 Å². The lowest BCUT2D eigenvalue weighted by atomic mass is 10.1. The zero-order valence-electron chi connectivity index (χ0n) is 18.7. The van der Waals surface area contributed by atoms with Crippen molar-refractivity contribution in [3.8, 4) is 5.75 Å². The number of amides is 2. The standard InChI is InChI=1S/C26H24N2O5S/c1-3-32-21-12-8-7-11-19(21)27-25(30)23(17-9-5-4-6-10-17)33-26(31)18-13-14-22-20(15-18)28-24(29)16(2)34-22/h4-16,23H,3H2,1-2H3,(H,27,30)(H,28,29). The molecule has 3 aromatic rings. The fourth-order valence-electron chi connectivity index (χ4n) is 3.46. The van der Waals surface area contributed by atoms with Crippen LogP contribution in [0.3, 0.4) is 0 Å². The van der Waals surface area contributed by atoms with E-state index in [1.807, 2.05) is 26.0 Å². The van der Waals surface area contributed by atoms with Crippen LogP contribution in [0, 0.1) is 0 Å². The van der Waals surface area contributed by atoms with Gasteiger partial charge in [-0.05, 0) is 44.2 Å². The van der Waals surface area contributed by atoms with Gasteiger partial charge in [-0.2, -0.15) is 0 Å². The number of rotatable bonds is 7. The summed E-state index contributed by atoms with van der Waals surface area (Å²) in [6.45, 7) is 4.11. The minimum atomic E-state index is -1.19. The van der Waals surface area contributed by atoms with Gasteiger partial charge in [-0.15, -0.1) is 11.8 Å². The fourth-order valence-corrected chi connectivity index (χ4v) is 4.39. The number of esters is 1. The van der Waals surface area contributed by atoms with Crippen molar-refractivity contribution in [1.29, 1.82) is 0 Å². The number of benzene rings is 3.